The topological polar surface area (TPSA) is 58.9 Å². The van der Waals surface area contributed by atoms with Crippen LogP contribution in [0.2, 0.25) is 18.1 Å². The van der Waals surface area contributed by atoms with Crippen LogP contribution in [0.4, 0.5) is 0 Å². The van der Waals surface area contributed by atoms with Crippen LogP contribution in [0.1, 0.15) is 46.6 Å². The molecule has 0 spiro atoms. The second-order valence-corrected chi connectivity index (χ2v) is 14.0. The number of hydrogen-bond donors (Lipinski definition) is 2. The molecule has 0 aliphatic rings. The molecule has 4 nitrogen and oxygen atoms in total. The zero-order valence-corrected chi connectivity index (χ0v) is 19.2. The summed E-state index contributed by atoms with van der Waals surface area (Å²) in [5, 5.41) is 19.8. The Bertz CT molecular complexity index is 527. The van der Waals surface area contributed by atoms with Crippen molar-refractivity contribution in [2.75, 3.05) is 13.2 Å². The van der Waals surface area contributed by atoms with E-state index >= 15 is 0 Å². The Hall–Kier alpha value is -0.723. The van der Waals surface area contributed by atoms with E-state index in [1.165, 1.54) is 0 Å². The molecule has 27 heavy (non-hydrogen) atoms. The zero-order valence-electron chi connectivity index (χ0n) is 18.2. The molecule has 5 heteroatoms. The van der Waals surface area contributed by atoms with Gasteiger partial charge in [-0.25, -0.2) is 0 Å². The van der Waals surface area contributed by atoms with E-state index in [-0.39, 0.29) is 29.6 Å². The first-order chi connectivity index (χ1) is 12.5. The Balaban J connectivity index is 2.82. The summed E-state index contributed by atoms with van der Waals surface area (Å²) in [4.78, 5) is 0. The molecular weight excluding hydrogens is 356 g/mol. The molecule has 2 N–H and O–H groups in total. The minimum atomic E-state index is -1.99. The quantitative estimate of drug-likeness (QED) is 0.536. The van der Waals surface area contributed by atoms with Crippen molar-refractivity contribution in [3.05, 3.63) is 35.9 Å². The molecule has 0 saturated heterocycles. The van der Waals surface area contributed by atoms with Gasteiger partial charge in [-0.1, -0.05) is 65.0 Å². The molecule has 1 aromatic rings. The summed E-state index contributed by atoms with van der Waals surface area (Å²) >= 11 is 0. The molecule has 0 fully saturated rings. The third-order valence-corrected chi connectivity index (χ3v) is 10.3. The summed E-state index contributed by atoms with van der Waals surface area (Å²) in [6.07, 6.45) is -0.319. The van der Waals surface area contributed by atoms with E-state index in [0.29, 0.717) is 19.6 Å². The molecule has 0 radical (unpaired) electrons. The molecule has 0 heterocycles. The Labute approximate surface area is 167 Å². The van der Waals surface area contributed by atoms with Gasteiger partial charge < -0.3 is 19.4 Å². The van der Waals surface area contributed by atoms with Crippen LogP contribution in [-0.2, 0) is 15.8 Å². The fourth-order valence-electron chi connectivity index (χ4n) is 2.90. The van der Waals surface area contributed by atoms with Crippen LogP contribution in [0, 0.1) is 11.8 Å². The number of ether oxygens (including phenoxy) is 1. The van der Waals surface area contributed by atoms with Crippen molar-refractivity contribution < 1.29 is 19.4 Å². The molecule has 0 aliphatic heterocycles. The summed E-state index contributed by atoms with van der Waals surface area (Å²) in [7, 11) is -1.99. The first-order valence-corrected chi connectivity index (χ1v) is 13.0. The van der Waals surface area contributed by atoms with Gasteiger partial charge in [0.15, 0.2) is 8.32 Å². The fraction of sp³-hybridized carbons (Fsp3) is 0.727. The first kappa shape index (κ1) is 24.3. The molecular formula is C22H40O4Si. The molecule has 156 valence electrons. The average Bonchev–Trinajstić information content (AvgIpc) is 2.59. The fourth-order valence-corrected chi connectivity index (χ4v) is 4.39. The third kappa shape index (κ3) is 7.66. The standard InChI is InChI=1S/C22H40O4Si/c1-17(15-25-16-19-11-9-8-10-12-19)21(18(2)20(24)13-14-23)26-27(6,7)22(3,4)5/h8-12,17-18,20-21,23-24H,13-16H2,1-7H3/t17-,18-,20-,21-/m1/s1. The maximum absolute atomic E-state index is 10.5. The van der Waals surface area contributed by atoms with E-state index in [1.54, 1.807) is 0 Å². The first-order valence-electron chi connectivity index (χ1n) is 10.1. The van der Waals surface area contributed by atoms with Gasteiger partial charge in [0.25, 0.3) is 0 Å². The van der Waals surface area contributed by atoms with Crippen LogP contribution < -0.4 is 0 Å². The number of aliphatic hydroxyl groups is 2. The average molecular weight is 397 g/mol. The molecule has 0 saturated carbocycles. The number of aliphatic hydroxyl groups excluding tert-OH is 2. The number of benzene rings is 1. The smallest absolute Gasteiger partial charge is 0.192 e. The highest BCUT2D eigenvalue weighted by Gasteiger charge is 2.42. The molecule has 0 bridgehead atoms. The normalized spacial score (nSPS) is 17.4. The van der Waals surface area contributed by atoms with E-state index in [0.717, 1.165) is 5.56 Å². The Kier molecular flexibility index (Phi) is 9.65. The van der Waals surface area contributed by atoms with Crippen molar-refractivity contribution in [1.29, 1.82) is 0 Å². The van der Waals surface area contributed by atoms with E-state index in [9.17, 15) is 10.2 Å². The van der Waals surface area contributed by atoms with Gasteiger partial charge in [-0.05, 0) is 30.1 Å². The van der Waals surface area contributed by atoms with Gasteiger partial charge in [-0.2, -0.15) is 0 Å². The molecule has 0 amide bonds. The summed E-state index contributed by atoms with van der Waals surface area (Å²) in [5.41, 5.74) is 1.15. The Morgan fingerprint density at radius 2 is 1.67 bits per heavy atom. The lowest BCUT2D eigenvalue weighted by atomic mass is 9.88. The van der Waals surface area contributed by atoms with Crippen LogP contribution in [0.5, 0.6) is 0 Å². The van der Waals surface area contributed by atoms with E-state index in [1.807, 2.05) is 25.1 Å². The van der Waals surface area contributed by atoms with Crippen molar-refractivity contribution in [1.82, 2.24) is 0 Å². The lowest BCUT2D eigenvalue weighted by Gasteiger charge is -2.43. The SMILES string of the molecule is C[C@@H]([C@H](O[Si](C)(C)C(C)(C)C)[C@H](C)COCc1ccccc1)[C@H](O)CCO. The monoisotopic (exact) mass is 396 g/mol. The molecule has 4 atom stereocenters. The maximum Gasteiger partial charge on any atom is 0.192 e. The van der Waals surface area contributed by atoms with Crippen molar-refractivity contribution in [2.45, 2.75) is 78.0 Å². The summed E-state index contributed by atoms with van der Waals surface area (Å²) in [6.45, 7) is 16.4. The molecule has 0 aliphatic carbocycles. The van der Waals surface area contributed by atoms with Crippen molar-refractivity contribution in [3.63, 3.8) is 0 Å². The lowest BCUT2D eigenvalue weighted by molar-refractivity contribution is -0.0330. The summed E-state index contributed by atoms with van der Waals surface area (Å²) < 4.78 is 12.7. The van der Waals surface area contributed by atoms with Crippen LogP contribution in [-0.4, -0.2) is 44.0 Å². The molecule has 1 aromatic carbocycles. The second kappa shape index (κ2) is 10.7. The Morgan fingerprint density at radius 1 is 1.07 bits per heavy atom. The van der Waals surface area contributed by atoms with Gasteiger partial charge in [-0.3, -0.25) is 0 Å². The van der Waals surface area contributed by atoms with E-state index in [2.05, 4.69) is 52.9 Å². The van der Waals surface area contributed by atoms with Gasteiger partial charge in [0, 0.05) is 18.4 Å². The minimum Gasteiger partial charge on any atom is -0.413 e. The molecule has 0 unspecified atom stereocenters. The lowest BCUT2D eigenvalue weighted by Crippen LogP contribution is -2.49. The second-order valence-electron chi connectivity index (χ2n) is 9.26. The third-order valence-electron chi connectivity index (χ3n) is 5.84. The highest BCUT2D eigenvalue weighted by molar-refractivity contribution is 6.74. The van der Waals surface area contributed by atoms with Crippen LogP contribution in [0.3, 0.4) is 0 Å². The van der Waals surface area contributed by atoms with Crippen molar-refractivity contribution in [3.8, 4) is 0 Å². The highest BCUT2D eigenvalue weighted by Crippen LogP contribution is 2.39. The van der Waals surface area contributed by atoms with Crippen LogP contribution in [0.15, 0.2) is 30.3 Å². The van der Waals surface area contributed by atoms with Crippen molar-refractivity contribution >= 4 is 8.32 Å². The summed E-state index contributed by atoms with van der Waals surface area (Å²) in [6, 6.07) is 10.1. The van der Waals surface area contributed by atoms with Gasteiger partial charge in [-0.15, -0.1) is 0 Å². The minimum absolute atomic E-state index is 0.0167. The largest absolute Gasteiger partial charge is 0.413 e. The van der Waals surface area contributed by atoms with E-state index < -0.39 is 14.4 Å². The maximum atomic E-state index is 10.5. The molecule has 1 rings (SSSR count). The predicted octanol–water partition coefficient (Wildman–Crippen LogP) is 4.61. The van der Waals surface area contributed by atoms with Crippen LogP contribution >= 0.6 is 0 Å². The molecule has 0 aromatic heterocycles. The number of rotatable bonds is 11. The Morgan fingerprint density at radius 3 is 2.19 bits per heavy atom. The summed E-state index contributed by atoms with van der Waals surface area (Å²) in [5.74, 6) is 0.0766. The predicted molar refractivity (Wildman–Crippen MR) is 114 cm³/mol. The van der Waals surface area contributed by atoms with E-state index in [4.69, 9.17) is 9.16 Å². The van der Waals surface area contributed by atoms with Gasteiger partial charge in [0.05, 0.1) is 25.4 Å². The van der Waals surface area contributed by atoms with Gasteiger partial charge >= 0.3 is 0 Å². The van der Waals surface area contributed by atoms with Crippen molar-refractivity contribution in [2.24, 2.45) is 11.8 Å². The zero-order chi connectivity index (χ0) is 20.7. The number of hydrogen-bond acceptors (Lipinski definition) is 4. The van der Waals surface area contributed by atoms with Gasteiger partial charge in [0.2, 0.25) is 0 Å². The highest BCUT2D eigenvalue weighted by atomic mass is 28.4. The van der Waals surface area contributed by atoms with Crippen LogP contribution in [0.25, 0.3) is 0 Å². The van der Waals surface area contributed by atoms with Gasteiger partial charge in [0.1, 0.15) is 0 Å².